The van der Waals surface area contributed by atoms with Gasteiger partial charge in [-0.25, -0.2) is 8.42 Å². The van der Waals surface area contributed by atoms with Crippen LogP contribution in [-0.4, -0.2) is 25.8 Å². The lowest BCUT2D eigenvalue weighted by atomic mass is 9.83. The number of rotatable bonds is 2. The van der Waals surface area contributed by atoms with E-state index < -0.39 is 10.0 Å². The minimum Gasteiger partial charge on any atom is -0.207 e. The first kappa shape index (κ1) is 14.0. The standard InChI is InChI=1S/C14H18N2O2S/c1-12-3-5-13(6-4-12)19(17,18)16-9-7-14(2,11-15)8-10-16/h3-6H,7-10H2,1-2H3. The zero-order valence-corrected chi connectivity index (χ0v) is 12.1. The van der Waals surface area contributed by atoms with Crippen molar-refractivity contribution in [3.05, 3.63) is 29.8 Å². The van der Waals surface area contributed by atoms with E-state index >= 15 is 0 Å². The van der Waals surface area contributed by atoms with Crippen LogP contribution in [0.3, 0.4) is 0 Å². The summed E-state index contributed by atoms with van der Waals surface area (Å²) in [5.41, 5.74) is 0.647. The third-order valence-corrected chi connectivity index (χ3v) is 5.67. The van der Waals surface area contributed by atoms with Gasteiger partial charge in [-0.05, 0) is 38.8 Å². The molecule has 0 unspecified atom stereocenters. The zero-order chi connectivity index (χ0) is 14.1. The molecule has 0 saturated carbocycles. The van der Waals surface area contributed by atoms with Crippen molar-refractivity contribution in [2.24, 2.45) is 5.41 Å². The highest BCUT2D eigenvalue weighted by atomic mass is 32.2. The number of nitriles is 1. The minimum absolute atomic E-state index is 0.332. The highest BCUT2D eigenvalue weighted by Gasteiger charge is 2.35. The molecule has 1 saturated heterocycles. The summed E-state index contributed by atoms with van der Waals surface area (Å²) in [6.45, 7) is 4.65. The molecule has 19 heavy (non-hydrogen) atoms. The third-order valence-electron chi connectivity index (χ3n) is 3.75. The number of piperidine rings is 1. The van der Waals surface area contributed by atoms with Crippen LogP contribution in [0.4, 0.5) is 0 Å². The lowest BCUT2D eigenvalue weighted by molar-refractivity contribution is 0.232. The van der Waals surface area contributed by atoms with Crippen molar-refractivity contribution in [3.63, 3.8) is 0 Å². The molecule has 4 nitrogen and oxygen atoms in total. The Morgan fingerprint density at radius 1 is 1.21 bits per heavy atom. The first-order chi connectivity index (χ1) is 8.87. The highest BCUT2D eigenvalue weighted by molar-refractivity contribution is 7.89. The van der Waals surface area contributed by atoms with Crippen molar-refractivity contribution >= 4 is 10.0 Å². The van der Waals surface area contributed by atoms with Crippen LogP contribution in [0.5, 0.6) is 0 Å². The fraction of sp³-hybridized carbons (Fsp3) is 0.500. The van der Waals surface area contributed by atoms with Crippen molar-refractivity contribution in [2.75, 3.05) is 13.1 Å². The van der Waals surface area contributed by atoms with Crippen LogP contribution >= 0.6 is 0 Å². The van der Waals surface area contributed by atoms with Crippen LogP contribution in [0, 0.1) is 23.7 Å². The number of hydrogen-bond acceptors (Lipinski definition) is 3. The molecule has 1 heterocycles. The number of aryl methyl sites for hydroxylation is 1. The maximum atomic E-state index is 12.4. The minimum atomic E-state index is -3.41. The Balaban J connectivity index is 2.19. The van der Waals surface area contributed by atoms with Gasteiger partial charge < -0.3 is 0 Å². The molecule has 102 valence electrons. The summed E-state index contributed by atoms with van der Waals surface area (Å²) in [5, 5.41) is 9.07. The summed E-state index contributed by atoms with van der Waals surface area (Å²) in [6, 6.07) is 9.16. The molecule has 0 atom stereocenters. The number of benzene rings is 1. The van der Waals surface area contributed by atoms with Gasteiger partial charge in [-0.3, -0.25) is 0 Å². The van der Waals surface area contributed by atoms with Crippen LogP contribution < -0.4 is 0 Å². The number of hydrogen-bond donors (Lipinski definition) is 0. The van der Waals surface area contributed by atoms with Gasteiger partial charge in [0, 0.05) is 13.1 Å². The average Bonchev–Trinajstić information content (AvgIpc) is 2.40. The van der Waals surface area contributed by atoms with E-state index in [0.29, 0.717) is 30.8 Å². The molecular weight excluding hydrogens is 260 g/mol. The largest absolute Gasteiger partial charge is 0.243 e. The summed E-state index contributed by atoms with van der Waals surface area (Å²) in [4.78, 5) is 0.332. The zero-order valence-electron chi connectivity index (χ0n) is 11.3. The first-order valence-electron chi connectivity index (χ1n) is 6.35. The van der Waals surface area contributed by atoms with Gasteiger partial charge in [0.05, 0.1) is 16.4 Å². The molecule has 5 heteroatoms. The molecule has 0 N–H and O–H groups in total. The van der Waals surface area contributed by atoms with E-state index in [9.17, 15) is 8.42 Å². The lowest BCUT2D eigenvalue weighted by Crippen LogP contribution is -2.41. The smallest absolute Gasteiger partial charge is 0.207 e. The van der Waals surface area contributed by atoms with E-state index in [1.807, 2.05) is 13.8 Å². The Labute approximate surface area is 114 Å². The predicted molar refractivity (Wildman–Crippen MR) is 72.9 cm³/mol. The van der Waals surface area contributed by atoms with Gasteiger partial charge >= 0.3 is 0 Å². The van der Waals surface area contributed by atoms with Crippen molar-refractivity contribution in [1.29, 1.82) is 5.26 Å². The second kappa shape index (κ2) is 4.95. The van der Waals surface area contributed by atoms with Crippen molar-refractivity contribution in [1.82, 2.24) is 4.31 Å². The molecule has 2 rings (SSSR count). The Hall–Kier alpha value is -1.38. The van der Waals surface area contributed by atoms with Gasteiger partial charge in [0.2, 0.25) is 10.0 Å². The number of nitrogens with zero attached hydrogens (tertiary/aromatic N) is 2. The SMILES string of the molecule is Cc1ccc(S(=O)(=O)N2CCC(C)(C#N)CC2)cc1. The quantitative estimate of drug-likeness (QED) is 0.834. The van der Waals surface area contributed by atoms with Crippen LogP contribution in [0.25, 0.3) is 0 Å². The summed E-state index contributed by atoms with van der Waals surface area (Å²) in [6.07, 6.45) is 1.18. The lowest BCUT2D eigenvalue weighted by Gasteiger charge is -2.34. The fourth-order valence-electron chi connectivity index (χ4n) is 2.19. The highest BCUT2D eigenvalue weighted by Crippen LogP contribution is 2.32. The molecule has 0 amide bonds. The van der Waals surface area contributed by atoms with Crippen molar-refractivity contribution in [2.45, 2.75) is 31.6 Å². The summed E-state index contributed by atoms with van der Waals surface area (Å²) in [5.74, 6) is 0. The molecular formula is C14H18N2O2S. The molecule has 0 aliphatic carbocycles. The van der Waals surface area contributed by atoms with E-state index in [1.165, 1.54) is 4.31 Å². The Morgan fingerprint density at radius 2 is 1.74 bits per heavy atom. The molecule has 1 aromatic rings. The van der Waals surface area contributed by atoms with Crippen LogP contribution in [0.1, 0.15) is 25.3 Å². The molecule has 0 aromatic heterocycles. The van der Waals surface area contributed by atoms with Gasteiger partial charge in [-0.1, -0.05) is 17.7 Å². The van der Waals surface area contributed by atoms with E-state index in [4.69, 9.17) is 5.26 Å². The van der Waals surface area contributed by atoms with Gasteiger partial charge in [0.15, 0.2) is 0 Å². The molecule has 1 aliphatic rings. The molecule has 0 radical (unpaired) electrons. The second-order valence-electron chi connectivity index (χ2n) is 5.39. The summed E-state index contributed by atoms with van der Waals surface area (Å²) in [7, 11) is -3.41. The second-order valence-corrected chi connectivity index (χ2v) is 7.33. The van der Waals surface area contributed by atoms with E-state index in [2.05, 4.69) is 6.07 Å². The molecule has 1 aromatic carbocycles. The average molecular weight is 278 g/mol. The first-order valence-corrected chi connectivity index (χ1v) is 7.79. The maximum absolute atomic E-state index is 12.4. The summed E-state index contributed by atoms with van der Waals surface area (Å²) < 4.78 is 26.4. The Morgan fingerprint density at radius 3 is 2.21 bits per heavy atom. The van der Waals surface area contributed by atoms with E-state index in [0.717, 1.165) is 5.56 Å². The summed E-state index contributed by atoms with van der Waals surface area (Å²) >= 11 is 0. The molecule has 0 spiro atoms. The predicted octanol–water partition coefficient (Wildman–Crippen LogP) is 2.31. The van der Waals surface area contributed by atoms with E-state index in [-0.39, 0.29) is 5.41 Å². The van der Waals surface area contributed by atoms with Gasteiger partial charge in [-0.15, -0.1) is 0 Å². The van der Waals surface area contributed by atoms with Crippen LogP contribution in [-0.2, 0) is 10.0 Å². The number of sulfonamides is 1. The Kier molecular flexibility index (Phi) is 3.66. The monoisotopic (exact) mass is 278 g/mol. The normalized spacial score (nSPS) is 19.8. The van der Waals surface area contributed by atoms with E-state index in [1.54, 1.807) is 24.3 Å². The van der Waals surface area contributed by atoms with Gasteiger partial charge in [0.25, 0.3) is 0 Å². The van der Waals surface area contributed by atoms with Gasteiger partial charge in [-0.2, -0.15) is 9.57 Å². The molecule has 0 bridgehead atoms. The van der Waals surface area contributed by atoms with Crippen LogP contribution in [0.15, 0.2) is 29.2 Å². The van der Waals surface area contributed by atoms with Crippen molar-refractivity contribution < 1.29 is 8.42 Å². The van der Waals surface area contributed by atoms with Gasteiger partial charge in [0.1, 0.15) is 0 Å². The molecule has 1 aliphatic heterocycles. The van der Waals surface area contributed by atoms with Crippen LogP contribution in [0.2, 0.25) is 0 Å². The fourth-order valence-corrected chi connectivity index (χ4v) is 3.63. The van der Waals surface area contributed by atoms with Crippen molar-refractivity contribution in [3.8, 4) is 6.07 Å². The third kappa shape index (κ3) is 2.80. The maximum Gasteiger partial charge on any atom is 0.243 e. The molecule has 1 fully saturated rings. The topological polar surface area (TPSA) is 61.2 Å². The Bertz CT molecular complexity index is 591.